The summed E-state index contributed by atoms with van der Waals surface area (Å²) in [6.07, 6.45) is -0.605. The number of aryl methyl sites for hydroxylation is 1. The number of carbonyl (C=O) groups is 1. The third-order valence-corrected chi connectivity index (χ3v) is 4.99. The van der Waals surface area contributed by atoms with Crippen LogP contribution >= 0.6 is 23.1 Å². The summed E-state index contributed by atoms with van der Waals surface area (Å²) >= 11 is 2.97. The Kier molecular flexibility index (Phi) is 5.79. The van der Waals surface area contributed by atoms with Crippen molar-refractivity contribution in [3.05, 3.63) is 29.3 Å². The van der Waals surface area contributed by atoms with Crippen LogP contribution in [0.4, 0.5) is 5.13 Å². The van der Waals surface area contributed by atoms with Gasteiger partial charge in [-0.1, -0.05) is 42.2 Å². The van der Waals surface area contributed by atoms with Gasteiger partial charge in [-0.2, -0.15) is 0 Å². The van der Waals surface area contributed by atoms with E-state index in [1.165, 1.54) is 11.3 Å². The van der Waals surface area contributed by atoms with E-state index >= 15 is 0 Å². The second-order valence-corrected chi connectivity index (χ2v) is 7.24. The highest BCUT2D eigenvalue weighted by atomic mass is 32.2. The van der Waals surface area contributed by atoms with Crippen LogP contribution in [0.5, 0.6) is 5.75 Å². The molecular weight excluding hydrogens is 318 g/mol. The molecule has 0 spiro atoms. The Hall–Kier alpha value is -1.60. The Labute approximate surface area is 138 Å². The standard InChI is InChI=1S/C15H19N3O2S2/c1-5-21-15-18-17-14(22-15)16-13(19)11(4)20-12-8-6-7-9(2)10(12)3/h6-8,11H,5H2,1-4H3,(H,16,17,19). The lowest BCUT2D eigenvalue weighted by molar-refractivity contribution is -0.122. The smallest absolute Gasteiger partial charge is 0.266 e. The number of rotatable bonds is 6. The van der Waals surface area contributed by atoms with E-state index in [1.54, 1.807) is 18.7 Å². The molecule has 118 valence electrons. The van der Waals surface area contributed by atoms with Crippen molar-refractivity contribution < 1.29 is 9.53 Å². The summed E-state index contributed by atoms with van der Waals surface area (Å²) in [5, 5.41) is 11.2. The maximum absolute atomic E-state index is 12.2. The predicted octanol–water partition coefficient (Wildman–Crippen LogP) is 3.67. The van der Waals surface area contributed by atoms with Crippen molar-refractivity contribution in [2.45, 2.75) is 38.1 Å². The monoisotopic (exact) mass is 337 g/mol. The number of hydrogen-bond donors (Lipinski definition) is 1. The molecule has 0 saturated heterocycles. The SMILES string of the molecule is CCSc1nnc(NC(=O)C(C)Oc2cccc(C)c2C)s1. The summed E-state index contributed by atoms with van der Waals surface area (Å²) in [7, 11) is 0. The van der Waals surface area contributed by atoms with Crippen LogP contribution in [0.15, 0.2) is 22.5 Å². The first-order chi connectivity index (χ1) is 10.5. The number of thioether (sulfide) groups is 1. The van der Waals surface area contributed by atoms with Gasteiger partial charge in [0.25, 0.3) is 5.91 Å². The van der Waals surface area contributed by atoms with E-state index < -0.39 is 6.10 Å². The van der Waals surface area contributed by atoms with Gasteiger partial charge in [-0.15, -0.1) is 10.2 Å². The van der Waals surface area contributed by atoms with Gasteiger partial charge in [0.2, 0.25) is 5.13 Å². The molecule has 5 nitrogen and oxygen atoms in total. The van der Waals surface area contributed by atoms with Gasteiger partial charge in [-0.05, 0) is 43.7 Å². The molecule has 0 bridgehead atoms. The molecule has 22 heavy (non-hydrogen) atoms. The third-order valence-electron chi connectivity index (χ3n) is 3.13. The number of anilines is 1. The lowest BCUT2D eigenvalue weighted by Crippen LogP contribution is -2.30. The van der Waals surface area contributed by atoms with Crippen LogP contribution in [0.25, 0.3) is 0 Å². The molecule has 0 aliphatic carbocycles. The normalized spacial score (nSPS) is 12.0. The zero-order chi connectivity index (χ0) is 16.1. The van der Waals surface area contributed by atoms with Crippen molar-refractivity contribution in [3.63, 3.8) is 0 Å². The number of nitrogens with one attached hydrogen (secondary N) is 1. The van der Waals surface area contributed by atoms with E-state index in [4.69, 9.17) is 4.74 Å². The summed E-state index contributed by atoms with van der Waals surface area (Å²) in [5.74, 6) is 1.42. The molecule has 1 heterocycles. The number of hydrogen-bond acceptors (Lipinski definition) is 6. The zero-order valence-corrected chi connectivity index (χ0v) is 14.7. The lowest BCUT2D eigenvalue weighted by atomic mass is 10.1. The number of ether oxygens (including phenoxy) is 1. The highest BCUT2D eigenvalue weighted by molar-refractivity contribution is 8.01. The van der Waals surface area contributed by atoms with Gasteiger partial charge in [0.15, 0.2) is 10.4 Å². The number of nitrogens with zero attached hydrogens (tertiary/aromatic N) is 2. The van der Waals surface area contributed by atoms with Crippen LogP contribution in [-0.2, 0) is 4.79 Å². The second kappa shape index (κ2) is 7.60. The molecule has 0 saturated carbocycles. The van der Waals surface area contributed by atoms with Gasteiger partial charge < -0.3 is 4.74 Å². The van der Waals surface area contributed by atoms with Crippen molar-refractivity contribution in [1.29, 1.82) is 0 Å². The summed E-state index contributed by atoms with van der Waals surface area (Å²) in [4.78, 5) is 12.2. The average molecular weight is 337 g/mol. The van der Waals surface area contributed by atoms with Crippen LogP contribution in [0.1, 0.15) is 25.0 Å². The quantitative estimate of drug-likeness (QED) is 0.643. The Morgan fingerprint density at radius 3 is 2.91 bits per heavy atom. The van der Waals surface area contributed by atoms with Gasteiger partial charge in [-0.3, -0.25) is 10.1 Å². The summed E-state index contributed by atoms with van der Waals surface area (Å²) in [5.41, 5.74) is 2.18. The Morgan fingerprint density at radius 2 is 2.18 bits per heavy atom. The first-order valence-corrected chi connectivity index (χ1v) is 8.81. The van der Waals surface area contributed by atoms with Gasteiger partial charge >= 0.3 is 0 Å². The second-order valence-electron chi connectivity index (χ2n) is 4.75. The molecule has 0 fully saturated rings. The molecule has 1 aromatic carbocycles. The van der Waals surface area contributed by atoms with Crippen molar-refractivity contribution in [1.82, 2.24) is 10.2 Å². The van der Waals surface area contributed by atoms with E-state index in [2.05, 4.69) is 15.5 Å². The largest absolute Gasteiger partial charge is 0.481 e. The number of carbonyl (C=O) groups excluding carboxylic acids is 1. The molecule has 1 N–H and O–H groups in total. The Bertz CT molecular complexity index is 658. The Morgan fingerprint density at radius 1 is 1.41 bits per heavy atom. The van der Waals surface area contributed by atoms with Crippen LogP contribution in [0, 0.1) is 13.8 Å². The van der Waals surface area contributed by atoms with Crippen LogP contribution in [-0.4, -0.2) is 28.0 Å². The molecule has 7 heteroatoms. The number of aromatic nitrogens is 2. The third kappa shape index (κ3) is 4.20. The van der Waals surface area contributed by atoms with Crippen LogP contribution < -0.4 is 10.1 Å². The lowest BCUT2D eigenvalue weighted by Gasteiger charge is -2.16. The molecule has 0 aliphatic rings. The first-order valence-electron chi connectivity index (χ1n) is 7.01. The van der Waals surface area contributed by atoms with Crippen molar-refractivity contribution in [3.8, 4) is 5.75 Å². The predicted molar refractivity (Wildman–Crippen MR) is 90.9 cm³/mol. The first kappa shape index (κ1) is 16.8. The minimum atomic E-state index is -0.605. The van der Waals surface area contributed by atoms with Gasteiger partial charge in [0, 0.05) is 0 Å². The summed E-state index contributed by atoms with van der Waals surface area (Å²) in [6, 6.07) is 5.80. The molecule has 1 amide bonds. The van der Waals surface area contributed by atoms with Gasteiger partial charge in [0.1, 0.15) is 5.75 Å². The van der Waals surface area contributed by atoms with Crippen LogP contribution in [0.3, 0.4) is 0 Å². The summed E-state index contributed by atoms with van der Waals surface area (Å²) in [6.45, 7) is 7.76. The fourth-order valence-corrected chi connectivity index (χ4v) is 3.40. The van der Waals surface area contributed by atoms with Crippen molar-refractivity contribution in [2.24, 2.45) is 0 Å². The molecule has 2 aromatic rings. The zero-order valence-electron chi connectivity index (χ0n) is 13.0. The van der Waals surface area contributed by atoms with Crippen LogP contribution in [0.2, 0.25) is 0 Å². The molecule has 0 aliphatic heterocycles. The summed E-state index contributed by atoms with van der Waals surface area (Å²) < 4.78 is 6.60. The molecule has 2 rings (SSSR count). The van der Waals surface area contributed by atoms with E-state index in [0.717, 1.165) is 27.0 Å². The van der Waals surface area contributed by atoms with Crippen molar-refractivity contribution >= 4 is 34.1 Å². The highest BCUT2D eigenvalue weighted by Crippen LogP contribution is 2.26. The van der Waals surface area contributed by atoms with Gasteiger partial charge in [-0.25, -0.2) is 0 Å². The molecule has 1 aromatic heterocycles. The Balaban J connectivity index is 1.98. The average Bonchev–Trinajstić information content (AvgIpc) is 2.91. The van der Waals surface area contributed by atoms with E-state index in [-0.39, 0.29) is 5.91 Å². The van der Waals surface area contributed by atoms with E-state index in [1.807, 2.05) is 39.0 Å². The molecular formula is C15H19N3O2S2. The minimum absolute atomic E-state index is 0.231. The van der Waals surface area contributed by atoms with Crippen molar-refractivity contribution in [2.75, 3.05) is 11.1 Å². The molecule has 1 atom stereocenters. The van der Waals surface area contributed by atoms with E-state index in [9.17, 15) is 4.79 Å². The molecule has 0 radical (unpaired) electrons. The maximum Gasteiger partial charge on any atom is 0.266 e. The minimum Gasteiger partial charge on any atom is -0.481 e. The molecule has 1 unspecified atom stereocenters. The topological polar surface area (TPSA) is 64.1 Å². The number of amides is 1. The fraction of sp³-hybridized carbons (Fsp3) is 0.400. The fourth-order valence-electron chi connectivity index (χ4n) is 1.74. The maximum atomic E-state index is 12.2. The van der Waals surface area contributed by atoms with Gasteiger partial charge in [0.05, 0.1) is 0 Å². The highest BCUT2D eigenvalue weighted by Gasteiger charge is 2.18. The number of benzene rings is 1. The van der Waals surface area contributed by atoms with E-state index in [0.29, 0.717) is 5.13 Å².